The Hall–Kier alpha value is -2.37. The largest absolute Gasteiger partial charge is 0.326 e. The predicted molar refractivity (Wildman–Crippen MR) is 74.2 cm³/mol. The molecular weight excluding hydrogens is 258 g/mol. The van der Waals surface area contributed by atoms with Crippen LogP contribution in [0.1, 0.15) is 31.7 Å². The molecule has 1 fully saturated rings. The van der Waals surface area contributed by atoms with Crippen molar-refractivity contribution in [3.05, 3.63) is 29.8 Å². The Labute approximate surface area is 116 Å². The molecule has 1 aromatic carbocycles. The molecule has 1 heterocycles. The summed E-state index contributed by atoms with van der Waals surface area (Å²) in [5.74, 6) is -0.359. The van der Waals surface area contributed by atoms with Crippen LogP contribution in [-0.2, 0) is 9.59 Å². The van der Waals surface area contributed by atoms with E-state index in [2.05, 4.69) is 29.8 Å². The fourth-order valence-corrected chi connectivity index (χ4v) is 1.95. The summed E-state index contributed by atoms with van der Waals surface area (Å²) in [5, 5.41) is 7.17. The van der Waals surface area contributed by atoms with Crippen LogP contribution >= 0.6 is 0 Å². The SMILES string of the molecule is CC(C)c1ccc(NC(=O)CC2NC(=O)NC2=O)cc1. The lowest BCUT2D eigenvalue weighted by Crippen LogP contribution is -2.33. The zero-order valence-corrected chi connectivity index (χ0v) is 11.4. The van der Waals surface area contributed by atoms with Gasteiger partial charge in [0.1, 0.15) is 6.04 Å². The van der Waals surface area contributed by atoms with Crippen LogP contribution in [-0.4, -0.2) is 23.9 Å². The molecule has 1 aliphatic rings. The molecule has 1 aliphatic heterocycles. The third-order valence-electron chi connectivity index (χ3n) is 3.11. The Morgan fingerprint density at radius 3 is 2.40 bits per heavy atom. The van der Waals surface area contributed by atoms with E-state index in [1.54, 1.807) is 0 Å². The Morgan fingerprint density at radius 1 is 1.25 bits per heavy atom. The third kappa shape index (κ3) is 3.34. The highest BCUT2D eigenvalue weighted by atomic mass is 16.2. The summed E-state index contributed by atoms with van der Waals surface area (Å²) >= 11 is 0. The minimum Gasteiger partial charge on any atom is -0.326 e. The van der Waals surface area contributed by atoms with Gasteiger partial charge in [0.2, 0.25) is 5.91 Å². The van der Waals surface area contributed by atoms with Crippen LogP contribution in [0.15, 0.2) is 24.3 Å². The van der Waals surface area contributed by atoms with Crippen LogP contribution in [0.3, 0.4) is 0 Å². The predicted octanol–water partition coefficient (Wildman–Crippen LogP) is 1.35. The molecule has 106 valence electrons. The van der Waals surface area contributed by atoms with Crippen LogP contribution in [0.4, 0.5) is 10.5 Å². The number of imide groups is 1. The maximum absolute atomic E-state index is 11.8. The lowest BCUT2D eigenvalue weighted by Gasteiger charge is -2.10. The first-order valence-electron chi connectivity index (χ1n) is 6.47. The molecule has 0 radical (unpaired) electrons. The molecule has 6 heteroatoms. The monoisotopic (exact) mass is 275 g/mol. The summed E-state index contributed by atoms with van der Waals surface area (Å²) in [6.07, 6.45) is -0.0799. The van der Waals surface area contributed by atoms with E-state index < -0.39 is 18.0 Å². The van der Waals surface area contributed by atoms with Gasteiger partial charge in [-0.25, -0.2) is 4.79 Å². The molecule has 1 atom stereocenters. The number of hydrogen-bond acceptors (Lipinski definition) is 3. The minimum atomic E-state index is -0.794. The van der Waals surface area contributed by atoms with Crippen molar-refractivity contribution in [1.82, 2.24) is 10.6 Å². The van der Waals surface area contributed by atoms with Gasteiger partial charge in [-0.15, -0.1) is 0 Å². The maximum atomic E-state index is 11.8. The van der Waals surface area contributed by atoms with Crippen molar-refractivity contribution in [1.29, 1.82) is 0 Å². The van der Waals surface area contributed by atoms with Gasteiger partial charge in [-0.3, -0.25) is 14.9 Å². The highest BCUT2D eigenvalue weighted by Crippen LogP contribution is 2.17. The van der Waals surface area contributed by atoms with E-state index in [9.17, 15) is 14.4 Å². The Bertz CT molecular complexity index is 537. The Kier molecular flexibility index (Phi) is 4.02. The van der Waals surface area contributed by atoms with Crippen molar-refractivity contribution in [2.75, 3.05) is 5.32 Å². The van der Waals surface area contributed by atoms with Crippen molar-refractivity contribution in [3.63, 3.8) is 0 Å². The van der Waals surface area contributed by atoms with Gasteiger partial charge in [-0.1, -0.05) is 26.0 Å². The number of carbonyl (C=O) groups excluding carboxylic acids is 3. The van der Waals surface area contributed by atoms with Crippen molar-refractivity contribution >= 4 is 23.5 Å². The summed E-state index contributed by atoms with van der Waals surface area (Å²) < 4.78 is 0. The normalized spacial score (nSPS) is 17.9. The molecule has 20 heavy (non-hydrogen) atoms. The molecule has 0 saturated carbocycles. The third-order valence-corrected chi connectivity index (χ3v) is 3.11. The molecule has 1 aromatic rings. The van der Waals surface area contributed by atoms with Crippen molar-refractivity contribution in [2.45, 2.75) is 32.2 Å². The quantitative estimate of drug-likeness (QED) is 0.725. The second-order valence-electron chi connectivity index (χ2n) is 5.04. The fourth-order valence-electron chi connectivity index (χ4n) is 1.95. The molecule has 6 nitrogen and oxygen atoms in total. The first kappa shape index (κ1) is 14.0. The summed E-state index contributed by atoms with van der Waals surface area (Å²) in [7, 11) is 0. The van der Waals surface area contributed by atoms with Gasteiger partial charge in [0, 0.05) is 5.69 Å². The Morgan fingerprint density at radius 2 is 1.90 bits per heavy atom. The van der Waals surface area contributed by atoms with E-state index in [1.165, 1.54) is 5.56 Å². The molecule has 1 saturated heterocycles. The van der Waals surface area contributed by atoms with Crippen molar-refractivity contribution in [2.24, 2.45) is 0 Å². The highest BCUT2D eigenvalue weighted by molar-refractivity contribution is 6.06. The van der Waals surface area contributed by atoms with Crippen LogP contribution in [0.25, 0.3) is 0 Å². The van der Waals surface area contributed by atoms with Gasteiger partial charge in [0.05, 0.1) is 6.42 Å². The average Bonchev–Trinajstić information content (AvgIpc) is 2.68. The average molecular weight is 275 g/mol. The van der Waals surface area contributed by atoms with Gasteiger partial charge in [0.25, 0.3) is 5.91 Å². The van der Waals surface area contributed by atoms with E-state index in [0.717, 1.165) is 0 Å². The highest BCUT2D eigenvalue weighted by Gasteiger charge is 2.31. The van der Waals surface area contributed by atoms with Gasteiger partial charge in [-0.2, -0.15) is 0 Å². The van der Waals surface area contributed by atoms with Crippen LogP contribution < -0.4 is 16.0 Å². The topological polar surface area (TPSA) is 87.3 Å². The van der Waals surface area contributed by atoms with Crippen LogP contribution in [0.5, 0.6) is 0 Å². The van der Waals surface area contributed by atoms with E-state index in [0.29, 0.717) is 11.6 Å². The zero-order chi connectivity index (χ0) is 14.7. The molecule has 0 aliphatic carbocycles. The zero-order valence-electron chi connectivity index (χ0n) is 11.4. The number of hydrogen-bond donors (Lipinski definition) is 3. The Balaban J connectivity index is 1.91. The minimum absolute atomic E-state index is 0.0799. The van der Waals surface area contributed by atoms with Crippen LogP contribution in [0, 0.1) is 0 Å². The second kappa shape index (κ2) is 5.73. The maximum Gasteiger partial charge on any atom is 0.322 e. The molecule has 0 bridgehead atoms. The number of anilines is 1. The van der Waals surface area contributed by atoms with Gasteiger partial charge in [-0.05, 0) is 23.6 Å². The smallest absolute Gasteiger partial charge is 0.322 e. The first-order valence-corrected chi connectivity index (χ1v) is 6.47. The molecule has 0 aromatic heterocycles. The van der Waals surface area contributed by atoms with E-state index in [-0.39, 0.29) is 12.3 Å². The summed E-state index contributed by atoms with van der Waals surface area (Å²) in [6.45, 7) is 4.18. The lowest BCUT2D eigenvalue weighted by atomic mass is 10.0. The van der Waals surface area contributed by atoms with Crippen molar-refractivity contribution < 1.29 is 14.4 Å². The van der Waals surface area contributed by atoms with Crippen LogP contribution in [0.2, 0.25) is 0 Å². The number of benzene rings is 1. The number of amides is 4. The summed E-state index contributed by atoms with van der Waals surface area (Å²) in [4.78, 5) is 34.0. The molecule has 2 rings (SSSR count). The summed E-state index contributed by atoms with van der Waals surface area (Å²) in [6, 6.07) is 6.18. The molecule has 1 unspecified atom stereocenters. The lowest BCUT2D eigenvalue weighted by molar-refractivity contribution is -0.124. The number of carbonyl (C=O) groups is 3. The first-order chi connectivity index (χ1) is 9.45. The molecule has 0 spiro atoms. The van der Waals surface area contributed by atoms with E-state index in [1.807, 2.05) is 24.3 Å². The van der Waals surface area contributed by atoms with E-state index >= 15 is 0 Å². The second-order valence-corrected chi connectivity index (χ2v) is 5.04. The van der Waals surface area contributed by atoms with Gasteiger partial charge >= 0.3 is 6.03 Å². The van der Waals surface area contributed by atoms with Gasteiger partial charge < -0.3 is 10.6 Å². The number of nitrogens with one attached hydrogen (secondary N) is 3. The number of rotatable bonds is 4. The standard InChI is InChI=1S/C14H17N3O3/c1-8(2)9-3-5-10(6-4-9)15-12(18)7-11-13(19)17-14(20)16-11/h3-6,8,11H,7H2,1-2H3,(H,15,18)(H2,16,17,19,20). The molecule has 4 amide bonds. The summed E-state index contributed by atoms with van der Waals surface area (Å²) in [5.41, 5.74) is 1.86. The fraction of sp³-hybridized carbons (Fsp3) is 0.357. The molecule has 3 N–H and O–H groups in total. The van der Waals surface area contributed by atoms with Gasteiger partial charge in [0.15, 0.2) is 0 Å². The number of urea groups is 1. The molecular formula is C14H17N3O3. The van der Waals surface area contributed by atoms with Crippen molar-refractivity contribution in [3.8, 4) is 0 Å². The van der Waals surface area contributed by atoms with E-state index in [4.69, 9.17) is 0 Å².